The van der Waals surface area contributed by atoms with Gasteiger partial charge in [-0.1, -0.05) is 0 Å². The van der Waals surface area contributed by atoms with Crippen molar-refractivity contribution < 1.29 is 14.8 Å². The monoisotopic (exact) mass is 384 g/mol. The number of nitrogens with zero attached hydrogens (tertiary/aromatic N) is 3. The first kappa shape index (κ1) is 19.6. The van der Waals surface area contributed by atoms with Crippen LogP contribution in [0.4, 0.5) is 17.1 Å². The molecule has 0 aromatic heterocycles. The van der Waals surface area contributed by atoms with E-state index >= 15 is 0 Å². The second-order valence-electron chi connectivity index (χ2n) is 7.04. The fraction of sp³-hybridized carbons (Fsp3) is 0.350. The number of amides is 1. The van der Waals surface area contributed by atoms with Crippen LogP contribution in [0.1, 0.15) is 11.1 Å². The highest BCUT2D eigenvalue weighted by molar-refractivity contribution is 5.94. The number of nitrogens with one attached hydrogen (secondary N) is 1. The molecule has 0 unspecified atom stereocenters. The number of carbonyl (C=O) groups excluding carboxylic acids is 1. The fourth-order valence-electron chi connectivity index (χ4n) is 3.27. The fourth-order valence-corrected chi connectivity index (χ4v) is 3.27. The van der Waals surface area contributed by atoms with Crippen LogP contribution in [0.5, 0.6) is 5.75 Å². The first-order chi connectivity index (χ1) is 13.3. The van der Waals surface area contributed by atoms with Gasteiger partial charge < -0.3 is 15.3 Å². The molecule has 2 N–H and O–H groups in total. The van der Waals surface area contributed by atoms with Crippen molar-refractivity contribution in [2.24, 2.45) is 0 Å². The molecule has 0 saturated carbocycles. The maximum absolute atomic E-state index is 12.4. The van der Waals surface area contributed by atoms with Crippen LogP contribution >= 0.6 is 0 Å². The molecule has 1 aliphatic rings. The molecule has 28 heavy (non-hydrogen) atoms. The minimum atomic E-state index is -0.474. The van der Waals surface area contributed by atoms with Crippen molar-refractivity contribution in [3.63, 3.8) is 0 Å². The Morgan fingerprint density at radius 3 is 2.32 bits per heavy atom. The van der Waals surface area contributed by atoms with Crippen molar-refractivity contribution >= 4 is 23.0 Å². The van der Waals surface area contributed by atoms with Crippen LogP contribution < -0.4 is 10.2 Å². The second kappa shape index (κ2) is 8.26. The van der Waals surface area contributed by atoms with E-state index in [1.807, 2.05) is 30.9 Å². The number of hydrogen-bond donors (Lipinski definition) is 2. The lowest BCUT2D eigenvalue weighted by molar-refractivity contribution is -0.384. The minimum absolute atomic E-state index is 0.0893. The van der Waals surface area contributed by atoms with Crippen molar-refractivity contribution in [3.05, 3.63) is 57.6 Å². The van der Waals surface area contributed by atoms with Crippen molar-refractivity contribution in [1.29, 1.82) is 0 Å². The predicted molar refractivity (Wildman–Crippen MR) is 108 cm³/mol. The van der Waals surface area contributed by atoms with E-state index in [4.69, 9.17) is 0 Å². The highest BCUT2D eigenvalue weighted by Crippen LogP contribution is 2.28. The number of piperazine rings is 1. The van der Waals surface area contributed by atoms with Crippen molar-refractivity contribution in [2.45, 2.75) is 13.8 Å². The maximum atomic E-state index is 12.4. The molecule has 2 aromatic rings. The number of carbonyl (C=O) groups is 1. The number of aromatic hydroxyl groups is 1. The summed E-state index contributed by atoms with van der Waals surface area (Å²) in [5.41, 5.74) is 2.89. The Kier molecular flexibility index (Phi) is 5.79. The van der Waals surface area contributed by atoms with Crippen LogP contribution in [0.25, 0.3) is 0 Å². The molecule has 1 aliphatic heterocycles. The summed E-state index contributed by atoms with van der Waals surface area (Å²) in [6.45, 7) is 6.81. The molecule has 0 radical (unpaired) electrons. The third-order valence-corrected chi connectivity index (χ3v) is 5.04. The SMILES string of the molecule is Cc1cc(NC(=O)CN2CCN(c3ccc(O)cc3)CC2)c([N+](=O)[O-])cc1C. The summed E-state index contributed by atoms with van der Waals surface area (Å²) in [5, 5.41) is 23.4. The summed E-state index contributed by atoms with van der Waals surface area (Å²) in [6, 6.07) is 10.2. The molecule has 8 heteroatoms. The van der Waals surface area contributed by atoms with Crippen molar-refractivity contribution in [2.75, 3.05) is 42.9 Å². The molecule has 148 valence electrons. The second-order valence-corrected chi connectivity index (χ2v) is 7.04. The van der Waals surface area contributed by atoms with Crippen molar-refractivity contribution in [3.8, 4) is 5.75 Å². The van der Waals surface area contributed by atoms with Gasteiger partial charge in [-0.05, 0) is 55.3 Å². The summed E-state index contributed by atoms with van der Waals surface area (Å²) in [6.07, 6.45) is 0. The number of phenols is 1. The topological polar surface area (TPSA) is 99.0 Å². The Morgan fingerprint density at radius 1 is 1.11 bits per heavy atom. The zero-order valence-corrected chi connectivity index (χ0v) is 16.0. The summed E-state index contributed by atoms with van der Waals surface area (Å²) in [7, 11) is 0. The number of benzene rings is 2. The number of anilines is 2. The number of phenolic OH excluding ortho intramolecular Hbond substituents is 1. The van der Waals surface area contributed by atoms with Crippen LogP contribution in [0, 0.1) is 24.0 Å². The Morgan fingerprint density at radius 2 is 1.71 bits per heavy atom. The minimum Gasteiger partial charge on any atom is -0.508 e. The number of nitro groups is 1. The molecule has 1 fully saturated rings. The first-order valence-corrected chi connectivity index (χ1v) is 9.15. The zero-order valence-electron chi connectivity index (χ0n) is 16.0. The largest absolute Gasteiger partial charge is 0.508 e. The van der Waals surface area contributed by atoms with Crippen LogP contribution in [0.3, 0.4) is 0 Å². The summed E-state index contributed by atoms with van der Waals surface area (Å²) in [4.78, 5) is 27.4. The number of nitro benzene ring substituents is 1. The van der Waals surface area contributed by atoms with Gasteiger partial charge >= 0.3 is 0 Å². The van der Waals surface area contributed by atoms with Gasteiger partial charge in [-0.2, -0.15) is 0 Å². The molecule has 8 nitrogen and oxygen atoms in total. The van der Waals surface area contributed by atoms with Gasteiger partial charge in [-0.15, -0.1) is 0 Å². The maximum Gasteiger partial charge on any atom is 0.293 e. The van der Waals surface area contributed by atoms with Crippen LogP contribution in [-0.4, -0.2) is 53.6 Å². The number of rotatable bonds is 5. The highest BCUT2D eigenvalue weighted by atomic mass is 16.6. The van der Waals surface area contributed by atoms with Gasteiger partial charge in [0.1, 0.15) is 11.4 Å². The Hall–Kier alpha value is -3.13. The first-order valence-electron chi connectivity index (χ1n) is 9.15. The number of aryl methyl sites for hydroxylation is 2. The molecule has 1 heterocycles. The molecule has 0 atom stereocenters. The van der Waals surface area contributed by atoms with Gasteiger partial charge in [0.15, 0.2) is 0 Å². The summed E-state index contributed by atoms with van der Waals surface area (Å²) < 4.78 is 0. The molecule has 0 aliphatic carbocycles. The third-order valence-electron chi connectivity index (χ3n) is 5.04. The average Bonchev–Trinajstić information content (AvgIpc) is 2.65. The Bertz CT molecular complexity index is 875. The molecule has 1 amide bonds. The number of hydrogen-bond acceptors (Lipinski definition) is 6. The van der Waals surface area contributed by atoms with E-state index in [1.54, 1.807) is 18.2 Å². The summed E-state index contributed by atoms with van der Waals surface area (Å²) >= 11 is 0. The van der Waals surface area contributed by atoms with Gasteiger partial charge in [0.25, 0.3) is 5.69 Å². The van der Waals surface area contributed by atoms with Gasteiger partial charge in [-0.3, -0.25) is 19.8 Å². The van der Waals surface area contributed by atoms with Gasteiger partial charge in [0.2, 0.25) is 5.91 Å². The molecule has 0 bridgehead atoms. The third kappa shape index (κ3) is 4.58. The molecule has 3 rings (SSSR count). The standard InChI is InChI=1S/C20H24N4O4/c1-14-11-18(19(24(27)28)12-15(14)2)21-20(26)13-22-7-9-23(10-8-22)16-3-5-17(25)6-4-16/h3-6,11-12,25H,7-10,13H2,1-2H3,(H,21,26). The smallest absolute Gasteiger partial charge is 0.293 e. The lowest BCUT2D eigenvalue weighted by Crippen LogP contribution is -2.48. The van der Waals surface area contributed by atoms with Crippen LogP contribution in [0.15, 0.2) is 36.4 Å². The molecular formula is C20H24N4O4. The predicted octanol–water partition coefficient (Wildman–Crippen LogP) is 2.68. The van der Waals surface area contributed by atoms with Gasteiger partial charge in [-0.25, -0.2) is 0 Å². The lowest BCUT2D eigenvalue weighted by atomic mass is 10.1. The Labute approximate surface area is 163 Å². The van der Waals surface area contributed by atoms with E-state index in [9.17, 15) is 20.0 Å². The zero-order chi connectivity index (χ0) is 20.3. The summed E-state index contributed by atoms with van der Waals surface area (Å²) in [5.74, 6) is -0.0241. The van der Waals surface area contributed by atoms with E-state index < -0.39 is 4.92 Å². The quantitative estimate of drug-likeness (QED) is 0.607. The van der Waals surface area contributed by atoms with Gasteiger partial charge in [0.05, 0.1) is 11.5 Å². The molecular weight excluding hydrogens is 360 g/mol. The average molecular weight is 384 g/mol. The van der Waals surface area contributed by atoms with E-state index in [0.29, 0.717) is 13.1 Å². The lowest BCUT2D eigenvalue weighted by Gasteiger charge is -2.35. The molecule has 0 spiro atoms. The highest BCUT2D eigenvalue weighted by Gasteiger charge is 2.22. The Balaban J connectivity index is 1.57. The van der Waals surface area contributed by atoms with E-state index in [-0.39, 0.29) is 29.6 Å². The normalized spacial score (nSPS) is 14.7. The van der Waals surface area contributed by atoms with Crippen molar-refractivity contribution in [1.82, 2.24) is 4.90 Å². The van der Waals surface area contributed by atoms with Crippen LogP contribution in [0.2, 0.25) is 0 Å². The van der Waals surface area contributed by atoms with E-state index in [2.05, 4.69) is 10.2 Å². The van der Waals surface area contributed by atoms with Gasteiger partial charge in [0, 0.05) is 37.9 Å². The van der Waals surface area contributed by atoms with Crippen LogP contribution in [-0.2, 0) is 4.79 Å². The molecule has 1 saturated heterocycles. The van der Waals surface area contributed by atoms with E-state index in [0.717, 1.165) is 29.9 Å². The molecule has 2 aromatic carbocycles. The van der Waals surface area contributed by atoms with E-state index in [1.165, 1.54) is 6.07 Å².